The predicted octanol–water partition coefficient (Wildman–Crippen LogP) is 17.0. The summed E-state index contributed by atoms with van der Waals surface area (Å²) in [4.78, 5) is 6.95. The largest absolute Gasteiger partial charge is 0.515 e. The summed E-state index contributed by atoms with van der Waals surface area (Å²) >= 11 is 0. The first-order valence-electron chi connectivity index (χ1n) is 23.3. The first-order chi connectivity index (χ1) is 29.9. The van der Waals surface area contributed by atoms with Crippen LogP contribution in [0.3, 0.4) is 0 Å². The van der Waals surface area contributed by atoms with Crippen molar-refractivity contribution >= 4 is 44.6 Å². The van der Waals surface area contributed by atoms with Crippen LogP contribution in [0.2, 0.25) is 0 Å². The maximum absolute atomic E-state index is 6.87. The van der Waals surface area contributed by atoms with E-state index in [2.05, 4.69) is 232 Å². The van der Waals surface area contributed by atoms with Crippen molar-refractivity contribution in [3.63, 3.8) is 0 Å². The van der Waals surface area contributed by atoms with Crippen LogP contribution >= 0.6 is 0 Å². The van der Waals surface area contributed by atoms with Gasteiger partial charge in [0, 0.05) is 55.7 Å². The first-order valence-corrected chi connectivity index (χ1v) is 23.3. The van der Waals surface area contributed by atoms with Gasteiger partial charge in [-0.2, -0.15) is 6.07 Å². The van der Waals surface area contributed by atoms with Crippen LogP contribution in [-0.4, -0.2) is 9.55 Å². The third-order valence-corrected chi connectivity index (χ3v) is 12.7. The smallest absolute Gasteiger partial charge is 0.135 e. The summed E-state index contributed by atoms with van der Waals surface area (Å²) in [5.41, 5.74) is 12.8. The maximum atomic E-state index is 6.87. The Bertz CT molecular complexity index is 2860. The number of hydrogen-bond acceptors (Lipinski definition) is 4. The molecule has 0 saturated carbocycles. The molecule has 5 nitrogen and oxygen atoms in total. The Balaban J connectivity index is 0.00000720. The van der Waals surface area contributed by atoms with Gasteiger partial charge in [0.1, 0.15) is 5.82 Å². The molecule has 0 atom stereocenters. The van der Waals surface area contributed by atoms with Gasteiger partial charge in [0.05, 0.1) is 5.69 Å². The number of nitrogens with zero attached hydrogens (tertiary/aromatic N) is 3. The topological polar surface area (TPSA) is 42.3 Å². The predicted molar refractivity (Wildman–Crippen MR) is 279 cm³/mol. The summed E-state index contributed by atoms with van der Waals surface area (Å²) in [5, 5.41) is 6.12. The van der Waals surface area contributed by atoms with Gasteiger partial charge in [0.25, 0.3) is 0 Å². The summed E-state index contributed by atoms with van der Waals surface area (Å²) in [7, 11) is 4.74. The van der Waals surface area contributed by atoms with Crippen LogP contribution in [-0.2, 0) is 53.6 Å². The fraction of sp³-hybridized carbons (Fsp3) is 0.400. The molecule has 5 aromatic carbocycles. The molecule has 0 aliphatic carbocycles. The molecule has 0 saturated heterocycles. The van der Waals surface area contributed by atoms with E-state index in [0.29, 0.717) is 11.5 Å². The second-order valence-electron chi connectivity index (χ2n) is 24.4. The fourth-order valence-corrected chi connectivity index (χ4v) is 8.15. The molecule has 0 spiro atoms. The normalized spacial score (nSPS) is 13.0. The molecule has 0 amide bonds. The molecule has 0 aliphatic heterocycles. The van der Waals surface area contributed by atoms with E-state index in [0.717, 1.165) is 55.9 Å². The number of ether oxygens (including phenoxy) is 1. The van der Waals surface area contributed by atoms with Crippen LogP contribution in [0.1, 0.15) is 158 Å². The Morgan fingerprint density at radius 2 is 1.05 bits per heavy atom. The standard InChI is InChI=1S/C60H73N4O.Pt/c1-55(2,3)38-21-25-51-49(33-38)48-23-22-46(37-52(48)64(51)54-35-40(26-27-61-54)57(7,8)9)65-47-32-43(60(16,17)18)31-45(36-47)63(19)53-34-39(56(4,5)6)20-24-50(53)62-44-29-41(58(10,11)12)28-42(30-44)59(13,14)15;/h20-35,62H,19H2,1-18H3;/q-3;. The van der Waals surface area contributed by atoms with Crippen molar-refractivity contribution in [1.29, 1.82) is 0 Å². The summed E-state index contributed by atoms with van der Waals surface area (Å²) in [6.45, 7) is 40.6. The van der Waals surface area contributed by atoms with Crippen molar-refractivity contribution in [3.05, 3.63) is 150 Å². The molecule has 1 N–H and O–H groups in total. The minimum atomic E-state index is -0.192. The zero-order valence-electron chi connectivity index (χ0n) is 43.0. The zero-order valence-corrected chi connectivity index (χ0v) is 45.3. The van der Waals surface area contributed by atoms with E-state index in [1.807, 2.05) is 17.2 Å². The minimum absolute atomic E-state index is 0. The fourth-order valence-electron chi connectivity index (χ4n) is 8.15. The number of nitrogens with one attached hydrogen (secondary N) is 1. The number of aromatic nitrogens is 2. The Kier molecular flexibility index (Phi) is 13.5. The number of anilines is 4. The van der Waals surface area contributed by atoms with Crippen LogP contribution in [0.15, 0.2) is 97.2 Å². The average molecular weight is 1060 g/mol. The van der Waals surface area contributed by atoms with Crippen LogP contribution < -0.4 is 15.0 Å². The van der Waals surface area contributed by atoms with Gasteiger partial charge >= 0.3 is 0 Å². The van der Waals surface area contributed by atoms with E-state index >= 15 is 0 Å². The van der Waals surface area contributed by atoms with Gasteiger partial charge in [-0.05, 0) is 108 Å². The van der Waals surface area contributed by atoms with E-state index in [4.69, 9.17) is 16.8 Å². The summed E-state index contributed by atoms with van der Waals surface area (Å²) in [5.74, 6) is 2.04. The molecular weight excluding hydrogens is 988 g/mol. The van der Waals surface area contributed by atoms with Gasteiger partial charge in [-0.15, -0.1) is 47.0 Å². The number of fused-ring (bicyclic) bond motifs is 3. The molecule has 0 radical (unpaired) electrons. The second-order valence-corrected chi connectivity index (χ2v) is 24.4. The van der Waals surface area contributed by atoms with Crippen LogP contribution in [0.25, 0.3) is 27.6 Å². The van der Waals surface area contributed by atoms with Crippen molar-refractivity contribution in [1.82, 2.24) is 9.55 Å². The molecule has 0 bridgehead atoms. The van der Waals surface area contributed by atoms with Crippen LogP contribution in [0.4, 0.5) is 22.7 Å². The second kappa shape index (κ2) is 17.7. The van der Waals surface area contributed by atoms with Gasteiger partial charge in [0.15, 0.2) is 0 Å². The molecule has 0 aliphatic rings. The molecule has 0 unspecified atom stereocenters. The van der Waals surface area contributed by atoms with E-state index in [-0.39, 0.29) is 53.6 Å². The van der Waals surface area contributed by atoms with E-state index in [9.17, 15) is 0 Å². The Morgan fingerprint density at radius 1 is 0.515 bits per heavy atom. The molecule has 0 fully saturated rings. The number of pyridine rings is 1. The Labute approximate surface area is 412 Å². The van der Waals surface area contributed by atoms with Gasteiger partial charge in [-0.3, -0.25) is 7.05 Å². The van der Waals surface area contributed by atoms with Gasteiger partial charge < -0.3 is 19.5 Å². The third-order valence-electron chi connectivity index (χ3n) is 12.7. The van der Waals surface area contributed by atoms with Crippen LogP contribution in [0.5, 0.6) is 11.5 Å². The quantitative estimate of drug-likeness (QED) is 0.162. The van der Waals surface area contributed by atoms with Crippen molar-refractivity contribution in [2.45, 2.75) is 157 Å². The van der Waals surface area contributed by atoms with E-state index < -0.39 is 0 Å². The van der Waals surface area contributed by atoms with E-state index in [1.165, 1.54) is 27.8 Å². The molecule has 352 valence electrons. The van der Waals surface area contributed by atoms with Crippen LogP contribution in [0, 0.1) is 19.2 Å². The molecule has 6 heteroatoms. The van der Waals surface area contributed by atoms with E-state index in [1.54, 1.807) is 0 Å². The molecule has 66 heavy (non-hydrogen) atoms. The van der Waals surface area contributed by atoms with Crippen molar-refractivity contribution in [3.8, 4) is 17.3 Å². The molecule has 7 rings (SSSR count). The van der Waals surface area contributed by atoms with Gasteiger partial charge in [-0.1, -0.05) is 154 Å². The molecular formula is C60H73N4OPt-3. The Hall–Kier alpha value is -4.86. The summed E-state index contributed by atoms with van der Waals surface area (Å²) < 4.78 is 9.10. The average Bonchev–Trinajstić information content (AvgIpc) is 3.51. The number of hydrogen-bond donors (Lipinski definition) is 1. The summed E-state index contributed by atoms with van der Waals surface area (Å²) in [6, 6.07) is 40.6. The SMILES string of the molecule is [CH2-]N(c1[c-]c(Oc2[c-]c3c(cc2)c2cc(C(C)(C)C)ccc2n3-c2cc(C(C)(C)C)ccn2)cc(C(C)(C)C)c1)c1cc(C(C)(C)C)ccc1Nc1cc(C(C)(C)C)cc(C(C)(C)C)c1.[Pt]. The third kappa shape index (κ3) is 10.8. The number of rotatable bonds is 7. The Morgan fingerprint density at radius 3 is 1.62 bits per heavy atom. The van der Waals surface area contributed by atoms with Crippen molar-refractivity contribution < 1.29 is 25.8 Å². The maximum Gasteiger partial charge on any atom is 0.135 e. The van der Waals surface area contributed by atoms with Crippen molar-refractivity contribution in [2.75, 3.05) is 10.2 Å². The van der Waals surface area contributed by atoms with Gasteiger partial charge in [-0.25, -0.2) is 4.98 Å². The monoisotopic (exact) mass is 1060 g/mol. The van der Waals surface area contributed by atoms with Gasteiger partial charge in [0.2, 0.25) is 0 Å². The molecule has 2 aromatic heterocycles. The minimum Gasteiger partial charge on any atom is -0.515 e. The molecule has 7 aromatic rings. The summed E-state index contributed by atoms with van der Waals surface area (Å²) in [6.07, 6.45) is 1.92. The molecule has 2 heterocycles. The van der Waals surface area contributed by atoms with Crippen molar-refractivity contribution in [2.24, 2.45) is 0 Å². The first kappa shape index (κ1) is 50.5. The zero-order chi connectivity index (χ0) is 47.8. The number of benzene rings is 5.